The van der Waals surface area contributed by atoms with E-state index in [9.17, 15) is 9.59 Å². The monoisotopic (exact) mass is 141 g/mol. The van der Waals surface area contributed by atoms with Crippen molar-refractivity contribution >= 4 is 11.6 Å². The summed E-state index contributed by atoms with van der Waals surface area (Å²) in [5.41, 5.74) is 0. The molecule has 1 atom stereocenters. The predicted molar refractivity (Wildman–Crippen MR) is 36.7 cm³/mol. The summed E-state index contributed by atoms with van der Waals surface area (Å²) in [5.74, 6) is -0.450. The molecule has 1 fully saturated rings. The second kappa shape index (κ2) is 2.92. The highest BCUT2D eigenvalue weighted by Gasteiger charge is 2.19. The molecule has 0 spiro atoms. The minimum atomic E-state index is -0.225. The van der Waals surface area contributed by atoms with Crippen molar-refractivity contribution in [3.05, 3.63) is 0 Å². The molecule has 0 aliphatic carbocycles. The molecule has 10 heavy (non-hydrogen) atoms. The van der Waals surface area contributed by atoms with Crippen molar-refractivity contribution in [1.29, 1.82) is 0 Å². The Kier molecular flexibility index (Phi) is 2.17. The first-order valence-electron chi connectivity index (χ1n) is 3.49. The van der Waals surface area contributed by atoms with E-state index in [1.807, 2.05) is 6.92 Å². The molecular weight excluding hydrogens is 130 g/mol. The minimum absolute atomic E-state index is 0.166. The lowest BCUT2D eigenvalue weighted by Gasteiger charge is -2.04. The van der Waals surface area contributed by atoms with Crippen LogP contribution in [0.4, 0.5) is 0 Å². The summed E-state index contributed by atoms with van der Waals surface area (Å²) in [7, 11) is 0. The quantitative estimate of drug-likeness (QED) is 0.479. The van der Waals surface area contributed by atoms with E-state index < -0.39 is 0 Å². The first kappa shape index (κ1) is 7.41. The van der Waals surface area contributed by atoms with Gasteiger partial charge in [-0.05, 0) is 6.92 Å². The molecule has 1 N–H and O–H groups in total. The fraction of sp³-hybridized carbons (Fsp3) is 0.714. The Morgan fingerprint density at radius 1 is 1.40 bits per heavy atom. The first-order valence-corrected chi connectivity index (χ1v) is 3.49. The summed E-state index contributed by atoms with van der Waals surface area (Å²) in [5, 5.41) is 3.06. The van der Waals surface area contributed by atoms with E-state index in [-0.39, 0.29) is 17.6 Å². The van der Waals surface area contributed by atoms with Crippen molar-refractivity contribution in [2.24, 2.45) is 0 Å². The number of carbonyl (C=O) groups is 2. The largest absolute Gasteiger partial charge is 0.313 e. The number of hydrogen-bond acceptors (Lipinski definition) is 3. The molecule has 56 valence electrons. The maximum Gasteiger partial charge on any atom is 0.199 e. The molecule has 3 nitrogen and oxygen atoms in total. The molecule has 1 saturated heterocycles. The Hall–Kier alpha value is -0.700. The average molecular weight is 141 g/mol. The zero-order chi connectivity index (χ0) is 7.56. The number of rotatable bonds is 0. The summed E-state index contributed by atoms with van der Waals surface area (Å²) in [4.78, 5) is 21.6. The van der Waals surface area contributed by atoms with Gasteiger partial charge in [0.1, 0.15) is 0 Å². The van der Waals surface area contributed by atoms with Gasteiger partial charge in [-0.15, -0.1) is 0 Å². The fourth-order valence-corrected chi connectivity index (χ4v) is 1.04. The van der Waals surface area contributed by atoms with Crippen molar-refractivity contribution in [3.8, 4) is 0 Å². The summed E-state index contributed by atoms with van der Waals surface area (Å²) in [6, 6.07) is 0.166. The smallest absolute Gasteiger partial charge is 0.199 e. The van der Waals surface area contributed by atoms with Gasteiger partial charge in [-0.2, -0.15) is 0 Å². The zero-order valence-corrected chi connectivity index (χ0v) is 6.02. The van der Waals surface area contributed by atoms with Crippen molar-refractivity contribution in [3.63, 3.8) is 0 Å². The van der Waals surface area contributed by atoms with Crippen LogP contribution in [0, 0.1) is 0 Å². The van der Waals surface area contributed by atoms with Gasteiger partial charge in [0, 0.05) is 25.4 Å². The van der Waals surface area contributed by atoms with Crippen molar-refractivity contribution < 1.29 is 9.59 Å². The summed E-state index contributed by atoms with van der Waals surface area (Å²) >= 11 is 0. The van der Waals surface area contributed by atoms with Crippen LogP contribution in [0.15, 0.2) is 0 Å². The van der Waals surface area contributed by atoms with E-state index in [0.29, 0.717) is 19.4 Å². The van der Waals surface area contributed by atoms with E-state index in [0.717, 1.165) is 0 Å². The van der Waals surface area contributed by atoms with Gasteiger partial charge in [0.25, 0.3) is 0 Å². The molecule has 3 heteroatoms. The van der Waals surface area contributed by atoms with Gasteiger partial charge >= 0.3 is 0 Å². The lowest BCUT2D eigenvalue weighted by atomic mass is 10.1. The number of hydrogen-bond donors (Lipinski definition) is 1. The molecule has 0 saturated carbocycles. The Labute approximate surface area is 59.8 Å². The van der Waals surface area contributed by atoms with Gasteiger partial charge in [0.05, 0.1) is 0 Å². The zero-order valence-electron chi connectivity index (χ0n) is 6.02. The molecule has 0 bridgehead atoms. The van der Waals surface area contributed by atoms with Crippen LogP contribution in [-0.4, -0.2) is 24.2 Å². The standard InChI is InChI=1S/C7H11NO2/c1-5-4-7(10)6(9)2-3-8-5/h5,8H,2-4H2,1H3. The Balaban J connectivity index is 2.57. The van der Waals surface area contributed by atoms with Crippen molar-refractivity contribution in [2.45, 2.75) is 25.8 Å². The van der Waals surface area contributed by atoms with Gasteiger partial charge in [-0.25, -0.2) is 0 Å². The minimum Gasteiger partial charge on any atom is -0.313 e. The van der Waals surface area contributed by atoms with Crippen molar-refractivity contribution in [1.82, 2.24) is 5.32 Å². The fourth-order valence-electron chi connectivity index (χ4n) is 1.04. The van der Waals surface area contributed by atoms with E-state index in [1.54, 1.807) is 0 Å². The lowest BCUT2D eigenvalue weighted by molar-refractivity contribution is -0.136. The third-order valence-corrected chi connectivity index (χ3v) is 1.65. The first-order chi connectivity index (χ1) is 4.70. The van der Waals surface area contributed by atoms with Crippen LogP contribution >= 0.6 is 0 Å². The van der Waals surface area contributed by atoms with Gasteiger partial charge < -0.3 is 5.32 Å². The predicted octanol–water partition coefficient (Wildman–Crippen LogP) is -0.103. The Morgan fingerprint density at radius 2 is 2.10 bits per heavy atom. The second-order valence-electron chi connectivity index (χ2n) is 2.66. The SMILES string of the molecule is CC1CC(=O)C(=O)CCN1. The highest BCUT2D eigenvalue weighted by Crippen LogP contribution is 2.00. The molecule has 1 rings (SSSR count). The summed E-state index contributed by atoms with van der Waals surface area (Å²) in [6.07, 6.45) is 0.724. The number of nitrogens with one attached hydrogen (secondary N) is 1. The average Bonchev–Trinajstić information content (AvgIpc) is 1.96. The van der Waals surface area contributed by atoms with Crippen LogP contribution in [0.25, 0.3) is 0 Å². The van der Waals surface area contributed by atoms with Crippen LogP contribution in [0.5, 0.6) is 0 Å². The number of ketones is 2. The molecule has 0 aromatic carbocycles. The molecule has 0 amide bonds. The molecular formula is C7H11NO2. The molecule has 0 radical (unpaired) electrons. The Bertz CT molecular complexity index is 165. The van der Waals surface area contributed by atoms with Crippen LogP contribution in [-0.2, 0) is 9.59 Å². The molecule has 0 aromatic heterocycles. The molecule has 1 unspecified atom stereocenters. The van der Waals surface area contributed by atoms with Crippen molar-refractivity contribution in [2.75, 3.05) is 6.54 Å². The highest BCUT2D eigenvalue weighted by molar-refractivity contribution is 6.37. The number of Topliss-reactive ketones (excluding diaryl/α,β-unsaturated/α-hetero) is 2. The summed E-state index contributed by atoms with van der Waals surface area (Å²) < 4.78 is 0. The van der Waals surface area contributed by atoms with Crippen LogP contribution in [0.2, 0.25) is 0 Å². The van der Waals surface area contributed by atoms with Gasteiger partial charge in [-0.3, -0.25) is 9.59 Å². The molecule has 1 aliphatic rings. The van der Waals surface area contributed by atoms with E-state index in [4.69, 9.17) is 0 Å². The van der Waals surface area contributed by atoms with Crippen LogP contribution in [0.1, 0.15) is 19.8 Å². The maximum absolute atomic E-state index is 10.8. The topological polar surface area (TPSA) is 46.2 Å². The summed E-state index contributed by atoms with van der Waals surface area (Å²) in [6.45, 7) is 2.56. The van der Waals surface area contributed by atoms with Crippen LogP contribution in [0.3, 0.4) is 0 Å². The third kappa shape index (κ3) is 1.64. The van der Waals surface area contributed by atoms with Crippen LogP contribution < -0.4 is 5.32 Å². The maximum atomic E-state index is 10.8. The highest BCUT2D eigenvalue weighted by atomic mass is 16.2. The Morgan fingerprint density at radius 3 is 2.80 bits per heavy atom. The van der Waals surface area contributed by atoms with Gasteiger partial charge in [-0.1, -0.05) is 0 Å². The normalized spacial score (nSPS) is 28.3. The molecule has 1 aliphatic heterocycles. The van der Waals surface area contributed by atoms with E-state index >= 15 is 0 Å². The van der Waals surface area contributed by atoms with E-state index in [2.05, 4.69) is 5.32 Å². The lowest BCUT2D eigenvalue weighted by Crippen LogP contribution is -2.25. The van der Waals surface area contributed by atoms with Gasteiger partial charge in [0.2, 0.25) is 0 Å². The van der Waals surface area contributed by atoms with Gasteiger partial charge in [0.15, 0.2) is 11.6 Å². The molecule has 1 heterocycles. The number of carbonyl (C=O) groups excluding carboxylic acids is 2. The molecule has 0 aromatic rings. The second-order valence-corrected chi connectivity index (χ2v) is 2.66. The third-order valence-electron chi connectivity index (χ3n) is 1.65. The van der Waals surface area contributed by atoms with E-state index in [1.165, 1.54) is 0 Å².